The summed E-state index contributed by atoms with van der Waals surface area (Å²) in [4.78, 5) is 18.9. The molecule has 0 N–H and O–H groups in total. The molecule has 0 atom stereocenters. The van der Waals surface area contributed by atoms with Gasteiger partial charge in [-0.2, -0.15) is 0 Å². The Kier molecular flexibility index (Phi) is 5.03. The monoisotopic (exact) mass is 338 g/mol. The van der Waals surface area contributed by atoms with Gasteiger partial charge >= 0.3 is 0 Å². The minimum atomic E-state index is -0.00281. The summed E-state index contributed by atoms with van der Waals surface area (Å²) in [7, 11) is 0. The molecule has 1 amide bonds. The van der Waals surface area contributed by atoms with Crippen molar-refractivity contribution in [1.29, 1.82) is 0 Å². The van der Waals surface area contributed by atoms with Gasteiger partial charge in [-0.25, -0.2) is 4.98 Å². The molecule has 5 nitrogen and oxygen atoms in total. The number of hydrogen-bond acceptors (Lipinski definition) is 4. The van der Waals surface area contributed by atoms with Crippen LogP contribution < -0.4 is 0 Å². The topological polar surface area (TPSA) is 59.5 Å². The van der Waals surface area contributed by atoms with Gasteiger partial charge in [-0.1, -0.05) is 18.2 Å². The second kappa shape index (κ2) is 7.38. The zero-order chi connectivity index (χ0) is 17.8. The standard InChI is InChI=1S/C20H22N2O3/c1-14(2)22(12-18-10-9-15(3)25-18)19(23)11-17-13-24-20(21-17)16-7-5-4-6-8-16/h4-10,13-14H,11-12H2,1-3H3. The Bertz CT molecular complexity index is 834. The van der Waals surface area contributed by atoms with Crippen molar-refractivity contribution in [3.8, 4) is 11.5 Å². The second-order valence-electron chi connectivity index (χ2n) is 6.31. The van der Waals surface area contributed by atoms with E-state index in [9.17, 15) is 4.79 Å². The number of carbonyl (C=O) groups excluding carboxylic acids is 1. The number of amides is 1. The smallest absolute Gasteiger partial charge is 0.229 e. The second-order valence-corrected chi connectivity index (χ2v) is 6.31. The molecule has 0 fully saturated rings. The summed E-state index contributed by atoms with van der Waals surface area (Å²) < 4.78 is 11.1. The molecular formula is C20H22N2O3. The van der Waals surface area contributed by atoms with Crippen molar-refractivity contribution >= 4 is 5.91 Å². The minimum absolute atomic E-state index is 0.00281. The molecule has 0 spiro atoms. The summed E-state index contributed by atoms with van der Waals surface area (Å²) in [6.07, 6.45) is 1.75. The van der Waals surface area contributed by atoms with Crippen LogP contribution in [0.1, 0.15) is 31.1 Å². The number of furan rings is 1. The largest absolute Gasteiger partial charge is 0.464 e. The van der Waals surface area contributed by atoms with Crippen LogP contribution in [0.15, 0.2) is 57.6 Å². The predicted octanol–water partition coefficient (Wildman–Crippen LogP) is 4.22. The maximum Gasteiger partial charge on any atom is 0.229 e. The van der Waals surface area contributed by atoms with Crippen molar-refractivity contribution in [3.05, 3.63) is 65.9 Å². The Morgan fingerprint density at radius 2 is 1.92 bits per heavy atom. The highest BCUT2D eigenvalue weighted by atomic mass is 16.3. The minimum Gasteiger partial charge on any atom is -0.464 e. The molecular weight excluding hydrogens is 316 g/mol. The van der Waals surface area contributed by atoms with E-state index in [4.69, 9.17) is 8.83 Å². The normalized spacial score (nSPS) is 11.0. The maximum atomic E-state index is 12.7. The van der Waals surface area contributed by atoms with Gasteiger partial charge in [0.15, 0.2) is 0 Å². The van der Waals surface area contributed by atoms with Crippen LogP contribution in [0.4, 0.5) is 0 Å². The Morgan fingerprint density at radius 1 is 1.16 bits per heavy atom. The number of nitrogens with zero attached hydrogens (tertiary/aromatic N) is 2. The zero-order valence-electron chi connectivity index (χ0n) is 14.7. The van der Waals surface area contributed by atoms with Crippen LogP contribution in [-0.2, 0) is 17.8 Å². The number of hydrogen-bond donors (Lipinski definition) is 0. The lowest BCUT2D eigenvalue weighted by molar-refractivity contribution is -0.133. The highest BCUT2D eigenvalue weighted by Gasteiger charge is 2.20. The Morgan fingerprint density at radius 3 is 2.56 bits per heavy atom. The number of oxazole rings is 1. The molecule has 3 rings (SSSR count). The zero-order valence-corrected chi connectivity index (χ0v) is 14.7. The molecule has 0 unspecified atom stereocenters. The number of aromatic nitrogens is 1. The van der Waals surface area contributed by atoms with E-state index in [1.54, 1.807) is 11.2 Å². The summed E-state index contributed by atoms with van der Waals surface area (Å²) in [5, 5.41) is 0. The van der Waals surface area contributed by atoms with Crippen LogP contribution >= 0.6 is 0 Å². The van der Waals surface area contributed by atoms with Crippen molar-refractivity contribution in [1.82, 2.24) is 9.88 Å². The van der Waals surface area contributed by atoms with Crippen LogP contribution in [0.3, 0.4) is 0 Å². The van der Waals surface area contributed by atoms with Gasteiger partial charge in [0, 0.05) is 11.6 Å². The third-order valence-corrected chi connectivity index (χ3v) is 3.97. The van der Waals surface area contributed by atoms with Crippen LogP contribution in [0.5, 0.6) is 0 Å². The van der Waals surface area contributed by atoms with E-state index in [1.807, 2.05) is 63.2 Å². The van der Waals surface area contributed by atoms with Gasteiger partial charge in [0.1, 0.15) is 17.8 Å². The van der Waals surface area contributed by atoms with Crippen molar-refractivity contribution < 1.29 is 13.6 Å². The first-order valence-electron chi connectivity index (χ1n) is 8.37. The van der Waals surface area contributed by atoms with Crippen LogP contribution in [0.2, 0.25) is 0 Å². The van der Waals surface area contributed by atoms with E-state index in [2.05, 4.69) is 4.98 Å². The van der Waals surface area contributed by atoms with Crippen LogP contribution in [0, 0.1) is 6.92 Å². The van der Waals surface area contributed by atoms with Crippen LogP contribution in [0.25, 0.3) is 11.5 Å². The van der Waals surface area contributed by atoms with Crippen molar-refractivity contribution in [2.75, 3.05) is 0 Å². The van der Waals surface area contributed by atoms with E-state index in [0.717, 1.165) is 17.1 Å². The van der Waals surface area contributed by atoms with Gasteiger partial charge in [-0.3, -0.25) is 4.79 Å². The summed E-state index contributed by atoms with van der Waals surface area (Å²) in [6, 6.07) is 13.5. The molecule has 0 aliphatic heterocycles. The third kappa shape index (κ3) is 4.18. The predicted molar refractivity (Wildman–Crippen MR) is 94.8 cm³/mol. The summed E-state index contributed by atoms with van der Waals surface area (Å²) >= 11 is 0. The molecule has 2 heterocycles. The van der Waals surface area contributed by atoms with Gasteiger partial charge in [0.2, 0.25) is 11.8 Å². The molecule has 5 heteroatoms. The molecule has 0 radical (unpaired) electrons. The highest BCUT2D eigenvalue weighted by molar-refractivity contribution is 5.78. The highest BCUT2D eigenvalue weighted by Crippen LogP contribution is 2.19. The number of aryl methyl sites for hydroxylation is 1. The van der Waals surface area contributed by atoms with E-state index < -0.39 is 0 Å². The van der Waals surface area contributed by atoms with Crippen LogP contribution in [-0.4, -0.2) is 21.8 Å². The first-order valence-corrected chi connectivity index (χ1v) is 8.37. The Labute approximate surface area is 147 Å². The lowest BCUT2D eigenvalue weighted by Gasteiger charge is -2.25. The molecule has 1 aromatic carbocycles. The Hall–Kier alpha value is -2.82. The molecule has 3 aromatic rings. The van der Waals surface area contributed by atoms with Gasteiger partial charge in [0.05, 0.1) is 18.7 Å². The summed E-state index contributed by atoms with van der Waals surface area (Å²) in [5.74, 6) is 2.15. The quantitative estimate of drug-likeness (QED) is 0.675. The van der Waals surface area contributed by atoms with Crippen molar-refractivity contribution in [2.24, 2.45) is 0 Å². The van der Waals surface area contributed by atoms with Gasteiger partial charge in [-0.05, 0) is 45.0 Å². The number of carbonyl (C=O) groups is 1. The lowest BCUT2D eigenvalue weighted by atomic mass is 10.2. The lowest BCUT2D eigenvalue weighted by Crippen LogP contribution is -2.37. The summed E-state index contributed by atoms with van der Waals surface area (Å²) in [5.41, 5.74) is 1.53. The first kappa shape index (κ1) is 17.0. The molecule has 0 aliphatic rings. The van der Waals surface area contributed by atoms with E-state index in [0.29, 0.717) is 18.1 Å². The van der Waals surface area contributed by atoms with E-state index >= 15 is 0 Å². The molecule has 25 heavy (non-hydrogen) atoms. The van der Waals surface area contributed by atoms with Gasteiger partial charge in [-0.15, -0.1) is 0 Å². The maximum absolute atomic E-state index is 12.7. The fourth-order valence-corrected chi connectivity index (χ4v) is 2.65. The fourth-order valence-electron chi connectivity index (χ4n) is 2.65. The SMILES string of the molecule is Cc1ccc(CN(C(=O)Cc2coc(-c3ccccc3)n2)C(C)C)o1. The molecule has 0 saturated heterocycles. The van der Waals surface area contributed by atoms with Crippen molar-refractivity contribution in [3.63, 3.8) is 0 Å². The fraction of sp³-hybridized carbons (Fsp3) is 0.300. The summed E-state index contributed by atoms with van der Waals surface area (Å²) in [6.45, 7) is 6.33. The molecule has 2 aromatic heterocycles. The average molecular weight is 338 g/mol. The molecule has 0 aliphatic carbocycles. The van der Waals surface area contributed by atoms with Gasteiger partial charge < -0.3 is 13.7 Å². The van der Waals surface area contributed by atoms with E-state index in [1.165, 1.54) is 0 Å². The van der Waals surface area contributed by atoms with Gasteiger partial charge in [0.25, 0.3) is 0 Å². The molecule has 130 valence electrons. The third-order valence-electron chi connectivity index (χ3n) is 3.97. The molecule has 0 bridgehead atoms. The number of rotatable bonds is 6. The number of benzene rings is 1. The Balaban J connectivity index is 1.70. The first-order chi connectivity index (χ1) is 12.0. The average Bonchev–Trinajstić information content (AvgIpc) is 3.22. The van der Waals surface area contributed by atoms with E-state index in [-0.39, 0.29) is 18.4 Å². The van der Waals surface area contributed by atoms with Crippen molar-refractivity contribution in [2.45, 2.75) is 39.8 Å². The molecule has 0 saturated carbocycles.